The van der Waals surface area contributed by atoms with E-state index in [9.17, 15) is 24.0 Å². The maximum absolute atomic E-state index is 13.4. The number of ether oxygens (including phenoxy) is 1. The van der Waals surface area contributed by atoms with E-state index in [0.717, 1.165) is 30.8 Å². The van der Waals surface area contributed by atoms with E-state index in [-0.39, 0.29) is 57.6 Å². The molecule has 2 aromatic rings. The number of carbonyl (C=O) groups excluding carboxylic acids is 4. The summed E-state index contributed by atoms with van der Waals surface area (Å²) in [5, 5.41) is 12.5. The monoisotopic (exact) mass is 638 g/mol. The quantitative estimate of drug-likeness (QED) is 0.249. The average molecular weight is 639 g/mol. The predicted molar refractivity (Wildman–Crippen MR) is 169 cm³/mol. The van der Waals surface area contributed by atoms with Gasteiger partial charge in [-0.05, 0) is 98.2 Å². The first kappa shape index (κ1) is 32.5. The highest BCUT2D eigenvalue weighted by atomic mass is 32.1. The Bertz CT molecular complexity index is 1540. The zero-order valence-electron chi connectivity index (χ0n) is 26.5. The van der Waals surface area contributed by atoms with Crippen LogP contribution in [0.4, 0.5) is 5.69 Å². The third kappa shape index (κ3) is 7.18. The lowest BCUT2D eigenvalue weighted by Gasteiger charge is -2.69. The first-order valence-corrected chi connectivity index (χ1v) is 16.1. The van der Waals surface area contributed by atoms with E-state index in [4.69, 9.17) is 0 Å². The van der Waals surface area contributed by atoms with Gasteiger partial charge >= 0.3 is 5.97 Å². The number of pyridine rings is 1. The summed E-state index contributed by atoms with van der Waals surface area (Å²) in [6.45, 7) is 8.50. The fourth-order valence-corrected chi connectivity index (χ4v) is 9.89. The van der Waals surface area contributed by atoms with Crippen molar-refractivity contribution in [1.29, 1.82) is 0 Å². The molecule has 0 spiro atoms. The number of nitrogens with one attached hydrogen (secondary N) is 3. The van der Waals surface area contributed by atoms with Gasteiger partial charge in [0.1, 0.15) is 23.2 Å². The summed E-state index contributed by atoms with van der Waals surface area (Å²) >= 11 is 0.908. The van der Waals surface area contributed by atoms with Gasteiger partial charge in [-0.1, -0.05) is 31.3 Å². The van der Waals surface area contributed by atoms with Crippen molar-refractivity contribution in [2.24, 2.45) is 16.2 Å². The van der Waals surface area contributed by atoms with Crippen LogP contribution in [0.2, 0.25) is 0 Å². The summed E-state index contributed by atoms with van der Waals surface area (Å²) in [5.74, 6) is -1.91. The van der Waals surface area contributed by atoms with Crippen molar-refractivity contribution in [2.45, 2.75) is 97.2 Å². The van der Waals surface area contributed by atoms with Crippen molar-refractivity contribution in [3.05, 3.63) is 51.4 Å². The van der Waals surface area contributed by atoms with Crippen LogP contribution in [0.3, 0.4) is 0 Å². The average Bonchev–Trinajstić information content (AvgIpc) is 3.35. The van der Waals surface area contributed by atoms with E-state index in [0.29, 0.717) is 5.69 Å². The number of aryl methyl sites for hydroxylation is 1. The molecular weight excluding hydrogens is 596 g/mol. The SMILES string of the molecule is COC(=O)/C=C/CC[C@H](NC(=O)c1snnc1C)C(=O)Nc1cccn(CC(=O)NC23CC4(C)CC(C)(CC(C)(C4)C2)C3)c1=O. The van der Waals surface area contributed by atoms with Crippen molar-refractivity contribution >= 4 is 40.9 Å². The molecule has 242 valence electrons. The molecule has 13 heteroatoms. The van der Waals surface area contributed by atoms with E-state index in [1.165, 1.54) is 55.4 Å². The van der Waals surface area contributed by atoms with Gasteiger partial charge in [0.15, 0.2) is 0 Å². The molecule has 0 aliphatic heterocycles. The van der Waals surface area contributed by atoms with Crippen molar-refractivity contribution in [2.75, 3.05) is 12.4 Å². The number of methoxy groups -OCH3 is 1. The molecule has 3 amide bonds. The Balaban J connectivity index is 1.27. The second-order valence-electron chi connectivity index (χ2n) is 14.4. The second kappa shape index (κ2) is 12.1. The molecule has 45 heavy (non-hydrogen) atoms. The van der Waals surface area contributed by atoms with Crippen molar-refractivity contribution < 1.29 is 23.9 Å². The normalized spacial score (nSPS) is 28.9. The minimum Gasteiger partial charge on any atom is -0.466 e. The van der Waals surface area contributed by atoms with Crippen LogP contribution >= 0.6 is 11.5 Å². The lowest BCUT2D eigenvalue weighted by molar-refractivity contribution is -0.164. The zero-order valence-corrected chi connectivity index (χ0v) is 27.3. The third-order valence-electron chi connectivity index (χ3n) is 9.41. The smallest absolute Gasteiger partial charge is 0.330 e. The van der Waals surface area contributed by atoms with E-state index in [2.05, 4.69) is 51.0 Å². The Morgan fingerprint density at radius 1 is 1.07 bits per heavy atom. The highest BCUT2D eigenvalue weighted by molar-refractivity contribution is 7.08. The van der Waals surface area contributed by atoms with Crippen LogP contribution in [0.25, 0.3) is 0 Å². The molecule has 4 bridgehead atoms. The summed E-state index contributed by atoms with van der Waals surface area (Å²) in [7, 11) is 1.26. The van der Waals surface area contributed by atoms with Gasteiger partial charge in [-0.25, -0.2) is 4.79 Å². The van der Waals surface area contributed by atoms with Gasteiger partial charge in [0.25, 0.3) is 11.5 Å². The Labute approximate surface area is 266 Å². The molecule has 4 saturated carbocycles. The molecule has 3 N–H and O–H groups in total. The number of carbonyl (C=O) groups is 4. The molecule has 4 aliphatic rings. The van der Waals surface area contributed by atoms with Crippen LogP contribution < -0.4 is 21.5 Å². The van der Waals surface area contributed by atoms with Crippen molar-refractivity contribution in [3.8, 4) is 0 Å². The Kier molecular flexibility index (Phi) is 8.78. The van der Waals surface area contributed by atoms with E-state index in [1.807, 2.05) is 0 Å². The van der Waals surface area contributed by atoms with Crippen LogP contribution in [0.1, 0.15) is 87.5 Å². The Morgan fingerprint density at radius 2 is 1.71 bits per heavy atom. The van der Waals surface area contributed by atoms with Gasteiger partial charge in [-0.2, -0.15) is 0 Å². The number of amides is 3. The maximum atomic E-state index is 13.4. The standard InChI is InChI=1S/C32H42N6O6S/c1-20-25(45-37-36-20)27(42)33-21(9-6-7-11-24(40)44-5)26(41)34-22-10-8-12-38(28(22)43)13-23(39)35-32-17-29(2)14-30(3,18-32)16-31(4,15-29)19-32/h7-8,10-12,21H,6,9,13-19H2,1-5H3,(H,33,42)(H,34,41)(H,35,39)/b11-7+/t21-,29?,30?,31?,32?/m0/s1. The summed E-state index contributed by atoms with van der Waals surface area (Å²) in [4.78, 5) is 64.8. The summed E-state index contributed by atoms with van der Waals surface area (Å²) in [5.41, 5.74) is 0.193. The van der Waals surface area contributed by atoms with Gasteiger partial charge in [0, 0.05) is 17.8 Å². The van der Waals surface area contributed by atoms with Crippen LogP contribution in [0.5, 0.6) is 0 Å². The van der Waals surface area contributed by atoms with Gasteiger partial charge < -0.3 is 25.3 Å². The summed E-state index contributed by atoms with van der Waals surface area (Å²) in [6, 6.07) is 2.01. The fourth-order valence-electron chi connectivity index (χ4n) is 9.33. The highest BCUT2D eigenvalue weighted by Gasteiger charge is 2.64. The minimum atomic E-state index is -1.04. The predicted octanol–water partition coefficient (Wildman–Crippen LogP) is 3.51. The molecule has 1 atom stereocenters. The van der Waals surface area contributed by atoms with Gasteiger partial charge in [0.05, 0.1) is 12.8 Å². The minimum absolute atomic E-state index is 0.0161. The highest BCUT2D eigenvalue weighted by Crippen LogP contribution is 2.70. The maximum Gasteiger partial charge on any atom is 0.330 e. The topological polar surface area (TPSA) is 161 Å². The molecule has 0 unspecified atom stereocenters. The van der Waals surface area contributed by atoms with E-state index >= 15 is 0 Å². The molecule has 12 nitrogen and oxygen atoms in total. The molecular formula is C32H42N6O6S. The number of aromatic nitrogens is 3. The Hall–Kier alpha value is -3.87. The molecule has 4 aliphatic carbocycles. The molecule has 4 fully saturated rings. The van der Waals surface area contributed by atoms with E-state index < -0.39 is 29.4 Å². The Morgan fingerprint density at radius 3 is 2.29 bits per heavy atom. The third-order valence-corrected chi connectivity index (χ3v) is 10.2. The first-order chi connectivity index (χ1) is 21.1. The van der Waals surface area contributed by atoms with Crippen LogP contribution in [-0.2, 0) is 25.7 Å². The molecule has 0 aromatic carbocycles. The number of nitrogens with zero attached hydrogens (tertiary/aromatic N) is 3. The van der Waals surface area contributed by atoms with Crippen molar-refractivity contribution in [1.82, 2.24) is 24.8 Å². The number of allylic oxidation sites excluding steroid dienone is 1. The number of rotatable bonds is 11. The lowest BCUT2D eigenvalue weighted by Crippen LogP contribution is -2.68. The zero-order chi connectivity index (χ0) is 32.6. The summed E-state index contributed by atoms with van der Waals surface area (Å²) < 4.78 is 9.65. The van der Waals surface area contributed by atoms with E-state index in [1.54, 1.807) is 13.0 Å². The number of esters is 1. The molecule has 2 heterocycles. The van der Waals surface area contributed by atoms with Gasteiger partial charge in [-0.15, -0.1) is 5.10 Å². The number of anilines is 1. The molecule has 0 radical (unpaired) electrons. The lowest BCUT2D eigenvalue weighted by atomic mass is 9.38. The van der Waals surface area contributed by atoms with Crippen molar-refractivity contribution in [3.63, 3.8) is 0 Å². The van der Waals surface area contributed by atoms with Crippen LogP contribution in [0, 0.1) is 23.2 Å². The first-order valence-electron chi connectivity index (χ1n) is 15.3. The molecule has 2 aromatic heterocycles. The van der Waals surface area contributed by atoms with Crippen LogP contribution in [0.15, 0.2) is 35.3 Å². The number of hydrogen-bond acceptors (Lipinski definition) is 9. The number of hydrogen-bond donors (Lipinski definition) is 3. The van der Waals surface area contributed by atoms with Crippen LogP contribution in [-0.4, -0.2) is 56.5 Å². The largest absolute Gasteiger partial charge is 0.466 e. The second-order valence-corrected chi connectivity index (χ2v) is 15.1. The molecule has 6 rings (SSSR count). The summed E-state index contributed by atoms with van der Waals surface area (Å²) in [6.07, 6.45) is 11.1. The molecule has 0 saturated heterocycles. The fraction of sp³-hybridized carbons (Fsp3) is 0.594. The van der Waals surface area contributed by atoms with Gasteiger partial charge in [-0.3, -0.25) is 19.2 Å². The van der Waals surface area contributed by atoms with Gasteiger partial charge in [0.2, 0.25) is 11.8 Å².